The lowest BCUT2D eigenvalue weighted by atomic mass is 10.1. The average molecular weight is 561 g/mol. The maximum Gasteiger partial charge on any atom is 0.162 e. The number of rotatable bonds is 7. The SMILES string of the molecule is CCOc1cc(/C=C(/C#N)c2nc3ccc(F)cc3[nH]2)c(Br)cc1OCc1ccc(Cl)cc1Cl. The summed E-state index contributed by atoms with van der Waals surface area (Å²) >= 11 is 15.8. The molecule has 5 nitrogen and oxygen atoms in total. The summed E-state index contributed by atoms with van der Waals surface area (Å²) in [5, 5.41) is 10.8. The van der Waals surface area contributed by atoms with E-state index in [1.165, 1.54) is 12.1 Å². The van der Waals surface area contributed by atoms with Crippen LogP contribution in [-0.4, -0.2) is 16.6 Å². The van der Waals surface area contributed by atoms with Crippen LogP contribution in [0.4, 0.5) is 4.39 Å². The quantitative estimate of drug-likeness (QED) is 0.234. The summed E-state index contributed by atoms with van der Waals surface area (Å²) in [7, 11) is 0. The first-order valence-corrected chi connectivity index (χ1v) is 11.7. The second kappa shape index (κ2) is 10.5. The molecule has 172 valence electrons. The Morgan fingerprint density at radius 2 is 1.94 bits per heavy atom. The van der Waals surface area contributed by atoms with Gasteiger partial charge in [0.15, 0.2) is 11.5 Å². The molecule has 0 atom stereocenters. The molecule has 0 bridgehead atoms. The number of nitrogens with one attached hydrogen (secondary N) is 1. The van der Waals surface area contributed by atoms with Gasteiger partial charge in [-0.05, 0) is 61.0 Å². The Bertz CT molecular complexity index is 1450. The Morgan fingerprint density at radius 3 is 2.68 bits per heavy atom. The highest BCUT2D eigenvalue weighted by molar-refractivity contribution is 9.10. The summed E-state index contributed by atoms with van der Waals surface area (Å²) in [6.07, 6.45) is 1.67. The largest absolute Gasteiger partial charge is 0.490 e. The zero-order valence-corrected chi connectivity index (χ0v) is 20.9. The molecule has 1 heterocycles. The van der Waals surface area contributed by atoms with Crippen molar-refractivity contribution in [3.8, 4) is 17.6 Å². The monoisotopic (exact) mass is 559 g/mol. The first kappa shape index (κ1) is 24.1. The van der Waals surface area contributed by atoms with E-state index in [-0.39, 0.29) is 18.0 Å². The standard InChI is InChI=1S/C25H17BrCl2FN3O2/c1-2-33-23-8-15(7-16(12-30)25-31-21-6-5-18(29)10-22(21)32-25)19(26)11-24(23)34-13-14-3-4-17(27)9-20(14)28/h3-11H,2,13H2,1H3,(H,31,32)/b16-7-. The summed E-state index contributed by atoms with van der Waals surface area (Å²) in [6.45, 7) is 2.51. The number of allylic oxidation sites excluding steroid dienone is 1. The van der Waals surface area contributed by atoms with Gasteiger partial charge >= 0.3 is 0 Å². The van der Waals surface area contributed by atoms with Gasteiger partial charge in [0.25, 0.3) is 0 Å². The van der Waals surface area contributed by atoms with Gasteiger partial charge < -0.3 is 14.5 Å². The van der Waals surface area contributed by atoms with Crippen LogP contribution in [0.2, 0.25) is 10.0 Å². The Morgan fingerprint density at radius 1 is 1.15 bits per heavy atom. The third kappa shape index (κ3) is 5.36. The van der Waals surface area contributed by atoms with Crippen LogP contribution in [0.1, 0.15) is 23.9 Å². The number of nitrogens with zero attached hydrogens (tertiary/aromatic N) is 2. The number of hydrogen-bond donors (Lipinski definition) is 1. The van der Waals surface area contributed by atoms with Gasteiger partial charge in [-0.15, -0.1) is 0 Å². The van der Waals surface area contributed by atoms with E-state index >= 15 is 0 Å². The van der Waals surface area contributed by atoms with Crippen LogP contribution < -0.4 is 9.47 Å². The molecule has 0 amide bonds. The lowest BCUT2D eigenvalue weighted by molar-refractivity contribution is 0.269. The van der Waals surface area contributed by atoms with E-state index < -0.39 is 0 Å². The van der Waals surface area contributed by atoms with Crippen molar-refractivity contribution < 1.29 is 13.9 Å². The summed E-state index contributed by atoms with van der Waals surface area (Å²) in [5.41, 5.74) is 2.82. The molecule has 9 heteroatoms. The van der Waals surface area contributed by atoms with Crippen molar-refractivity contribution in [3.63, 3.8) is 0 Å². The van der Waals surface area contributed by atoms with Gasteiger partial charge in [0, 0.05) is 20.1 Å². The van der Waals surface area contributed by atoms with Gasteiger partial charge in [0.2, 0.25) is 0 Å². The van der Waals surface area contributed by atoms with Crippen LogP contribution in [0, 0.1) is 17.1 Å². The molecule has 4 aromatic rings. The van der Waals surface area contributed by atoms with Crippen molar-refractivity contribution in [1.29, 1.82) is 5.26 Å². The van der Waals surface area contributed by atoms with Gasteiger partial charge in [0.1, 0.15) is 24.3 Å². The number of ether oxygens (including phenoxy) is 2. The molecule has 0 fully saturated rings. The molecular formula is C25H17BrCl2FN3O2. The summed E-state index contributed by atoms with van der Waals surface area (Å²) in [6, 6.07) is 15.1. The first-order valence-electron chi connectivity index (χ1n) is 10.2. The lowest BCUT2D eigenvalue weighted by Gasteiger charge is -2.15. The fourth-order valence-corrected chi connectivity index (χ4v) is 4.16. The van der Waals surface area contributed by atoms with Gasteiger partial charge in [-0.3, -0.25) is 0 Å². The number of H-pyrrole nitrogens is 1. The maximum absolute atomic E-state index is 13.5. The fourth-order valence-electron chi connectivity index (χ4n) is 3.26. The van der Waals surface area contributed by atoms with E-state index in [1.807, 2.05) is 6.92 Å². The second-order valence-electron chi connectivity index (χ2n) is 7.19. The summed E-state index contributed by atoms with van der Waals surface area (Å²) < 4.78 is 26.0. The van der Waals surface area contributed by atoms with Gasteiger partial charge in [0.05, 0.1) is 23.2 Å². The number of fused-ring (bicyclic) bond motifs is 1. The van der Waals surface area contributed by atoms with Gasteiger partial charge in [-0.1, -0.05) is 45.2 Å². The molecule has 0 saturated heterocycles. The molecule has 0 aliphatic heterocycles. The number of benzene rings is 3. The average Bonchev–Trinajstić information content (AvgIpc) is 3.22. The van der Waals surface area contributed by atoms with Crippen molar-refractivity contribution in [2.45, 2.75) is 13.5 Å². The highest BCUT2D eigenvalue weighted by Crippen LogP contribution is 2.36. The molecule has 0 aliphatic rings. The van der Waals surface area contributed by atoms with E-state index in [4.69, 9.17) is 32.7 Å². The first-order chi connectivity index (χ1) is 16.4. The lowest BCUT2D eigenvalue weighted by Crippen LogP contribution is -2.01. The van der Waals surface area contributed by atoms with Crippen LogP contribution >= 0.6 is 39.1 Å². The third-order valence-electron chi connectivity index (χ3n) is 4.88. The molecule has 34 heavy (non-hydrogen) atoms. The van der Waals surface area contributed by atoms with E-state index in [1.54, 1.807) is 42.5 Å². The molecule has 0 radical (unpaired) electrons. The molecule has 3 aromatic carbocycles. The second-order valence-corrected chi connectivity index (χ2v) is 8.89. The topological polar surface area (TPSA) is 70.9 Å². The summed E-state index contributed by atoms with van der Waals surface area (Å²) in [4.78, 5) is 7.39. The van der Waals surface area contributed by atoms with Crippen molar-refractivity contribution in [1.82, 2.24) is 9.97 Å². The van der Waals surface area contributed by atoms with E-state index in [2.05, 4.69) is 32.0 Å². The number of halogens is 4. The number of imidazole rings is 1. The van der Waals surface area contributed by atoms with E-state index in [0.29, 0.717) is 55.0 Å². The molecule has 1 N–H and O–H groups in total. The Kier molecular flexibility index (Phi) is 7.42. The Hall–Kier alpha value is -3.05. The minimum Gasteiger partial charge on any atom is -0.490 e. The van der Waals surface area contributed by atoms with Crippen molar-refractivity contribution in [3.05, 3.63) is 85.8 Å². The Balaban J connectivity index is 1.66. The molecule has 0 saturated carbocycles. The molecule has 0 unspecified atom stereocenters. The van der Waals surface area contributed by atoms with Crippen molar-refractivity contribution in [2.75, 3.05) is 6.61 Å². The Labute approximate surface area is 213 Å². The van der Waals surface area contributed by atoms with Crippen molar-refractivity contribution >= 4 is 61.8 Å². The molecule has 0 spiro atoms. The van der Waals surface area contributed by atoms with Crippen LogP contribution in [0.25, 0.3) is 22.7 Å². The van der Waals surface area contributed by atoms with Crippen LogP contribution in [-0.2, 0) is 6.61 Å². The van der Waals surface area contributed by atoms with Crippen LogP contribution in [0.15, 0.2) is 53.0 Å². The van der Waals surface area contributed by atoms with E-state index in [0.717, 1.165) is 5.56 Å². The maximum atomic E-state index is 13.5. The zero-order chi connectivity index (χ0) is 24.2. The number of aromatic amines is 1. The normalized spacial score (nSPS) is 11.5. The predicted octanol–water partition coefficient (Wildman–Crippen LogP) is 7.81. The third-order valence-corrected chi connectivity index (χ3v) is 6.15. The fraction of sp³-hybridized carbons (Fsp3) is 0.120. The molecule has 1 aromatic heterocycles. The van der Waals surface area contributed by atoms with Gasteiger partial charge in [-0.2, -0.15) is 5.26 Å². The van der Waals surface area contributed by atoms with Crippen LogP contribution in [0.5, 0.6) is 11.5 Å². The van der Waals surface area contributed by atoms with Gasteiger partial charge in [-0.25, -0.2) is 9.37 Å². The van der Waals surface area contributed by atoms with Crippen molar-refractivity contribution in [2.24, 2.45) is 0 Å². The minimum absolute atomic E-state index is 0.219. The highest BCUT2D eigenvalue weighted by atomic mass is 79.9. The van der Waals surface area contributed by atoms with E-state index in [9.17, 15) is 9.65 Å². The molecular weight excluding hydrogens is 544 g/mol. The smallest absolute Gasteiger partial charge is 0.162 e. The predicted molar refractivity (Wildman–Crippen MR) is 136 cm³/mol. The zero-order valence-electron chi connectivity index (χ0n) is 17.8. The minimum atomic E-state index is -0.384. The number of aromatic nitrogens is 2. The number of hydrogen-bond acceptors (Lipinski definition) is 4. The number of nitriles is 1. The highest BCUT2D eigenvalue weighted by Gasteiger charge is 2.14. The van der Waals surface area contributed by atoms with Crippen LogP contribution in [0.3, 0.4) is 0 Å². The molecule has 4 rings (SSSR count). The summed E-state index contributed by atoms with van der Waals surface area (Å²) in [5.74, 6) is 0.969. The molecule has 0 aliphatic carbocycles.